The average Bonchev–Trinajstić information content (AvgIpc) is 2.97. The molecule has 116 valence electrons. The van der Waals surface area contributed by atoms with E-state index in [1.165, 1.54) is 23.8 Å². The number of amides is 1. The van der Waals surface area contributed by atoms with Gasteiger partial charge < -0.3 is 5.32 Å². The number of aromatic nitrogens is 4. The molecule has 6 nitrogen and oxygen atoms in total. The van der Waals surface area contributed by atoms with Crippen molar-refractivity contribution in [1.82, 2.24) is 20.0 Å². The van der Waals surface area contributed by atoms with Gasteiger partial charge in [-0.05, 0) is 31.3 Å². The molecule has 0 aliphatic heterocycles. The van der Waals surface area contributed by atoms with Crippen molar-refractivity contribution >= 4 is 11.6 Å². The minimum atomic E-state index is -0.246. The second-order valence-corrected chi connectivity index (χ2v) is 5.99. The summed E-state index contributed by atoms with van der Waals surface area (Å²) in [5, 5.41) is 14.9. The molecule has 1 aliphatic rings. The van der Waals surface area contributed by atoms with E-state index < -0.39 is 0 Å². The zero-order valence-electron chi connectivity index (χ0n) is 13.0. The van der Waals surface area contributed by atoms with Gasteiger partial charge in [-0.3, -0.25) is 14.6 Å². The van der Waals surface area contributed by atoms with E-state index in [0.717, 1.165) is 25.0 Å². The van der Waals surface area contributed by atoms with Crippen LogP contribution in [0.1, 0.15) is 31.0 Å². The minimum Gasteiger partial charge on any atom is -0.319 e. The van der Waals surface area contributed by atoms with Crippen LogP contribution in [0.15, 0.2) is 18.9 Å². The van der Waals surface area contributed by atoms with Crippen molar-refractivity contribution in [1.29, 1.82) is 0 Å². The Kier molecular flexibility index (Phi) is 3.83. The molecule has 0 aromatic carbocycles. The molecule has 2 aromatic rings. The Bertz CT molecular complexity index is 712. The molecule has 2 N–H and O–H groups in total. The fraction of sp³-hybridized carbons (Fsp3) is 0.438. The maximum absolute atomic E-state index is 11.6. The third-order valence-electron chi connectivity index (χ3n) is 4.13. The van der Waals surface area contributed by atoms with E-state index in [0.29, 0.717) is 17.3 Å². The quantitative estimate of drug-likeness (QED) is 0.675. The Balaban J connectivity index is 2.02. The molecular weight excluding hydrogens is 278 g/mol. The summed E-state index contributed by atoms with van der Waals surface area (Å²) in [5.41, 5.74) is 4.66. The molecule has 0 radical (unpaired) electrons. The highest BCUT2D eigenvalue weighted by molar-refractivity contribution is 6.01. The predicted molar refractivity (Wildman–Crippen MR) is 85.4 cm³/mol. The average molecular weight is 299 g/mol. The van der Waals surface area contributed by atoms with E-state index in [2.05, 4.69) is 34.1 Å². The van der Waals surface area contributed by atoms with E-state index in [9.17, 15) is 4.79 Å². The Labute approximate surface area is 129 Å². The molecule has 1 atom stereocenters. The third-order valence-corrected chi connectivity index (χ3v) is 4.13. The van der Waals surface area contributed by atoms with Gasteiger partial charge >= 0.3 is 0 Å². The maximum Gasteiger partial charge on any atom is 0.247 e. The minimum absolute atomic E-state index is 0.246. The smallest absolute Gasteiger partial charge is 0.247 e. The van der Waals surface area contributed by atoms with Crippen molar-refractivity contribution < 1.29 is 4.79 Å². The molecule has 2 aromatic heterocycles. The first-order chi connectivity index (χ1) is 10.6. The molecule has 0 saturated carbocycles. The van der Waals surface area contributed by atoms with Gasteiger partial charge in [0.2, 0.25) is 5.91 Å². The van der Waals surface area contributed by atoms with Crippen molar-refractivity contribution in [3.8, 4) is 11.4 Å². The van der Waals surface area contributed by atoms with Gasteiger partial charge in [-0.25, -0.2) is 0 Å². The lowest BCUT2D eigenvalue weighted by molar-refractivity contribution is -0.111. The van der Waals surface area contributed by atoms with Crippen LogP contribution >= 0.6 is 0 Å². The molecule has 22 heavy (non-hydrogen) atoms. The zero-order valence-corrected chi connectivity index (χ0v) is 13.0. The summed E-state index contributed by atoms with van der Waals surface area (Å²) >= 11 is 0. The standard InChI is InChI=1S/C16H21N5O/c1-4-14(22)17-13-9-21(3)20-16(13)15-11-7-5-6-10(2)8-12(11)18-19-15/h4,9-10H,1,5-8H2,2-3H3,(H,17,22)(H,18,19)/t10-/m0/s1. The molecule has 2 heterocycles. The number of nitrogens with one attached hydrogen (secondary N) is 2. The lowest BCUT2D eigenvalue weighted by Gasteiger charge is -2.04. The Hall–Kier alpha value is -2.37. The van der Waals surface area contributed by atoms with Gasteiger partial charge in [0.15, 0.2) is 0 Å². The molecule has 3 rings (SSSR count). The fourth-order valence-corrected chi connectivity index (χ4v) is 3.05. The zero-order chi connectivity index (χ0) is 15.7. The lowest BCUT2D eigenvalue weighted by atomic mass is 10.0. The van der Waals surface area contributed by atoms with Crippen LogP contribution in [0, 0.1) is 5.92 Å². The number of aryl methyl sites for hydroxylation is 1. The number of carbonyl (C=O) groups is 1. The summed E-state index contributed by atoms with van der Waals surface area (Å²) in [7, 11) is 1.83. The summed E-state index contributed by atoms with van der Waals surface area (Å²) in [6, 6.07) is 0. The van der Waals surface area contributed by atoms with Gasteiger partial charge in [0.05, 0.1) is 5.69 Å². The number of hydrogen-bond acceptors (Lipinski definition) is 3. The molecule has 0 unspecified atom stereocenters. The van der Waals surface area contributed by atoms with Crippen molar-refractivity contribution in [2.45, 2.75) is 32.6 Å². The van der Waals surface area contributed by atoms with Crippen molar-refractivity contribution in [3.63, 3.8) is 0 Å². The van der Waals surface area contributed by atoms with E-state index in [1.807, 2.05) is 7.05 Å². The monoisotopic (exact) mass is 299 g/mol. The van der Waals surface area contributed by atoms with Gasteiger partial charge in [-0.2, -0.15) is 10.2 Å². The molecule has 1 amide bonds. The highest BCUT2D eigenvalue weighted by Crippen LogP contribution is 2.33. The Morgan fingerprint density at radius 3 is 3.14 bits per heavy atom. The van der Waals surface area contributed by atoms with Gasteiger partial charge in [0.25, 0.3) is 0 Å². The fourth-order valence-electron chi connectivity index (χ4n) is 3.05. The van der Waals surface area contributed by atoms with Crippen LogP contribution in [0.4, 0.5) is 5.69 Å². The van der Waals surface area contributed by atoms with Crippen LogP contribution in [0.5, 0.6) is 0 Å². The van der Waals surface area contributed by atoms with Crippen LogP contribution in [-0.2, 0) is 24.7 Å². The van der Waals surface area contributed by atoms with E-state index in [-0.39, 0.29) is 5.91 Å². The summed E-state index contributed by atoms with van der Waals surface area (Å²) in [4.78, 5) is 11.6. The van der Waals surface area contributed by atoms with Crippen LogP contribution in [0.25, 0.3) is 11.4 Å². The van der Waals surface area contributed by atoms with Crippen molar-refractivity contribution in [3.05, 3.63) is 30.1 Å². The first kappa shape index (κ1) is 14.6. The lowest BCUT2D eigenvalue weighted by Crippen LogP contribution is -2.07. The van der Waals surface area contributed by atoms with Gasteiger partial charge in [0.1, 0.15) is 11.4 Å². The molecule has 0 saturated heterocycles. The normalized spacial score (nSPS) is 17.6. The van der Waals surface area contributed by atoms with Crippen molar-refractivity contribution in [2.75, 3.05) is 5.32 Å². The molecule has 1 aliphatic carbocycles. The molecule has 0 fully saturated rings. The van der Waals surface area contributed by atoms with Crippen LogP contribution in [0.3, 0.4) is 0 Å². The highest BCUT2D eigenvalue weighted by atomic mass is 16.1. The molecule has 6 heteroatoms. The second kappa shape index (κ2) is 5.79. The molecular formula is C16H21N5O. The summed E-state index contributed by atoms with van der Waals surface area (Å²) in [6.45, 7) is 5.76. The van der Waals surface area contributed by atoms with Gasteiger partial charge in [-0.15, -0.1) is 0 Å². The number of rotatable bonds is 3. The summed E-state index contributed by atoms with van der Waals surface area (Å²) < 4.78 is 1.69. The summed E-state index contributed by atoms with van der Waals surface area (Å²) in [6.07, 6.45) is 7.44. The van der Waals surface area contributed by atoms with E-state index in [4.69, 9.17) is 0 Å². The largest absolute Gasteiger partial charge is 0.319 e. The molecule has 0 bridgehead atoms. The SMILES string of the molecule is C=CC(=O)Nc1cn(C)nc1-c1n[nH]c2c1CCC[C@H](C)C2. The van der Waals surface area contributed by atoms with Gasteiger partial charge in [-0.1, -0.05) is 19.9 Å². The first-order valence-electron chi connectivity index (χ1n) is 7.62. The maximum atomic E-state index is 11.6. The molecule has 0 spiro atoms. The predicted octanol–water partition coefficient (Wildman–Crippen LogP) is 2.45. The Morgan fingerprint density at radius 2 is 2.36 bits per heavy atom. The second-order valence-electron chi connectivity index (χ2n) is 5.99. The number of nitrogens with zero attached hydrogens (tertiary/aromatic N) is 3. The summed E-state index contributed by atoms with van der Waals surface area (Å²) in [5.74, 6) is 0.419. The van der Waals surface area contributed by atoms with E-state index in [1.54, 1.807) is 10.9 Å². The number of aromatic amines is 1. The number of hydrogen-bond donors (Lipinski definition) is 2. The first-order valence-corrected chi connectivity index (χ1v) is 7.62. The third kappa shape index (κ3) is 2.68. The Morgan fingerprint density at radius 1 is 1.55 bits per heavy atom. The van der Waals surface area contributed by atoms with Crippen LogP contribution in [0.2, 0.25) is 0 Å². The number of H-pyrrole nitrogens is 1. The number of carbonyl (C=O) groups excluding carboxylic acids is 1. The highest BCUT2D eigenvalue weighted by Gasteiger charge is 2.23. The van der Waals surface area contributed by atoms with E-state index >= 15 is 0 Å². The van der Waals surface area contributed by atoms with Crippen LogP contribution < -0.4 is 5.32 Å². The number of fused-ring (bicyclic) bond motifs is 1. The van der Waals surface area contributed by atoms with Crippen LogP contribution in [-0.4, -0.2) is 25.9 Å². The van der Waals surface area contributed by atoms with Gasteiger partial charge in [0, 0.05) is 24.5 Å². The van der Waals surface area contributed by atoms with Crippen molar-refractivity contribution in [2.24, 2.45) is 13.0 Å². The topological polar surface area (TPSA) is 75.6 Å². The number of anilines is 1.